The molecule has 1 atom stereocenters. The van der Waals surface area contributed by atoms with Crippen LogP contribution in [0, 0.1) is 0 Å². The second kappa shape index (κ2) is 10.8. The Labute approximate surface area is 204 Å². The van der Waals surface area contributed by atoms with Crippen molar-refractivity contribution in [2.75, 3.05) is 0 Å². The van der Waals surface area contributed by atoms with Gasteiger partial charge < -0.3 is 19.5 Å². The van der Waals surface area contributed by atoms with Crippen molar-refractivity contribution < 1.29 is 29.1 Å². The first-order valence-electron chi connectivity index (χ1n) is 10.5. The molecule has 0 amide bonds. The van der Waals surface area contributed by atoms with Crippen LogP contribution in [-0.2, 0) is 16.1 Å². The maximum Gasteiger partial charge on any atom is 0.321 e. The van der Waals surface area contributed by atoms with Gasteiger partial charge in [-0.15, -0.1) is 0 Å². The third kappa shape index (κ3) is 6.23. The predicted molar refractivity (Wildman–Crippen MR) is 127 cm³/mol. The van der Waals surface area contributed by atoms with Crippen molar-refractivity contribution >= 4 is 23.5 Å². The molecule has 0 saturated carbocycles. The van der Waals surface area contributed by atoms with Gasteiger partial charge in [-0.2, -0.15) is 4.98 Å². The number of hydrogen-bond acceptors (Lipinski definition) is 7. The zero-order valence-corrected chi connectivity index (χ0v) is 19.0. The van der Waals surface area contributed by atoms with Crippen LogP contribution < -0.4 is 10.1 Å². The minimum atomic E-state index is -1.24. The van der Waals surface area contributed by atoms with Crippen molar-refractivity contribution in [2.24, 2.45) is 0 Å². The molecule has 9 nitrogen and oxygen atoms in total. The number of benzene rings is 3. The molecular weight excluding hydrogens is 474 g/mol. The normalized spacial score (nSPS) is 11.7. The lowest BCUT2D eigenvalue weighted by molar-refractivity contribution is -0.146. The Hall–Kier alpha value is -4.21. The van der Waals surface area contributed by atoms with Crippen molar-refractivity contribution in [1.82, 2.24) is 15.5 Å². The highest BCUT2D eigenvalue weighted by Gasteiger charge is 2.20. The number of nitrogens with zero attached hydrogens (tertiary/aromatic N) is 2. The van der Waals surface area contributed by atoms with Gasteiger partial charge >= 0.3 is 11.9 Å². The fraction of sp³-hybridized carbons (Fsp3) is 0.120. The van der Waals surface area contributed by atoms with Gasteiger partial charge in [0.05, 0.1) is 11.4 Å². The Bertz CT molecular complexity index is 1320. The van der Waals surface area contributed by atoms with Gasteiger partial charge in [-0.25, -0.2) is 0 Å². The molecule has 3 aromatic carbocycles. The highest BCUT2D eigenvalue weighted by Crippen LogP contribution is 2.30. The first kappa shape index (κ1) is 23.9. The molecule has 10 heteroatoms. The molecule has 0 radical (unpaired) electrons. The second-order valence-electron chi connectivity index (χ2n) is 7.55. The summed E-state index contributed by atoms with van der Waals surface area (Å²) in [5.41, 5.74) is 1.92. The summed E-state index contributed by atoms with van der Waals surface area (Å²) in [5, 5.41) is 25.0. The first-order chi connectivity index (χ1) is 16.9. The molecule has 0 unspecified atom stereocenters. The van der Waals surface area contributed by atoms with Crippen LogP contribution in [0.4, 0.5) is 0 Å². The predicted octanol–water partition coefficient (Wildman–Crippen LogP) is 4.87. The number of halogens is 1. The zero-order chi connectivity index (χ0) is 24.8. The Balaban J connectivity index is 1.43. The molecule has 0 saturated heterocycles. The molecule has 0 aliphatic heterocycles. The Kier molecular flexibility index (Phi) is 7.39. The Morgan fingerprint density at radius 1 is 1.00 bits per heavy atom. The van der Waals surface area contributed by atoms with Gasteiger partial charge in [0.25, 0.3) is 5.89 Å². The summed E-state index contributed by atoms with van der Waals surface area (Å²) in [4.78, 5) is 26.4. The maximum absolute atomic E-state index is 11.2. The van der Waals surface area contributed by atoms with E-state index in [1.54, 1.807) is 30.3 Å². The molecule has 1 heterocycles. The third-order valence-electron chi connectivity index (χ3n) is 5.01. The summed E-state index contributed by atoms with van der Waals surface area (Å²) < 4.78 is 11.2. The number of carboxylic acids is 2. The van der Waals surface area contributed by atoms with Crippen LogP contribution in [0.25, 0.3) is 22.8 Å². The summed E-state index contributed by atoms with van der Waals surface area (Å²) in [6.45, 7) is 0.124. The summed E-state index contributed by atoms with van der Waals surface area (Å²) in [5.74, 6) is -0.442. The highest BCUT2D eigenvalue weighted by atomic mass is 35.5. The fourth-order valence-electron chi connectivity index (χ4n) is 3.25. The number of carboxylic acid groups (broad SMARTS) is 2. The SMILES string of the molecule is O=C(O)C[C@H](NCc1ccc(-c2noc(-c3ccc(Oc4ccccc4)cc3)n2)c(Cl)c1)C(=O)O. The molecule has 3 N–H and O–H groups in total. The zero-order valence-electron chi connectivity index (χ0n) is 18.2. The van der Waals surface area contributed by atoms with Crippen molar-refractivity contribution in [3.63, 3.8) is 0 Å². The van der Waals surface area contributed by atoms with Gasteiger partial charge in [-0.05, 0) is 54.1 Å². The van der Waals surface area contributed by atoms with E-state index in [1.807, 2.05) is 42.5 Å². The van der Waals surface area contributed by atoms with Gasteiger partial charge in [0.15, 0.2) is 0 Å². The van der Waals surface area contributed by atoms with E-state index in [0.29, 0.717) is 39.2 Å². The lowest BCUT2D eigenvalue weighted by Gasteiger charge is -2.12. The van der Waals surface area contributed by atoms with Gasteiger partial charge in [0.2, 0.25) is 5.82 Å². The minimum Gasteiger partial charge on any atom is -0.481 e. The molecule has 0 aliphatic carbocycles. The van der Waals surface area contributed by atoms with Crippen LogP contribution in [0.2, 0.25) is 5.02 Å². The van der Waals surface area contributed by atoms with Crippen molar-refractivity contribution in [3.05, 3.63) is 83.4 Å². The highest BCUT2D eigenvalue weighted by molar-refractivity contribution is 6.33. The fourth-order valence-corrected chi connectivity index (χ4v) is 3.54. The molecule has 0 bridgehead atoms. The molecule has 178 valence electrons. The number of aromatic nitrogens is 2. The lowest BCUT2D eigenvalue weighted by Crippen LogP contribution is -2.38. The molecule has 4 aromatic rings. The number of carbonyl (C=O) groups is 2. The number of hydrogen-bond donors (Lipinski definition) is 3. The molecule has 4 rings (SSSR count). The lowest BCUT2D eigenvalue weighted by atomic mass is 10.1. The Morgan fingerprint density at radius 3 is 2.37 bits per heavy atom. The molecule has 0 aliphatic rings. The molecule has 1 aromatic heterocycles. The van der Waals surface area contributed by atoms with Crippen LogP contribution in [0.1, 0.15) is 12.0 Å². The maximum atomic E-state index is 11.2. The van der Waals surface area contributed by atoms with E-state index in [9.17, 15) is 9.59 Å². The van der Waals surface area contributed by atoms with Gasteiger partial charge in [-0.1, -0.05) is 41.0 Å². The van der Waals surface area contributed by atoms with Crippen molar-refractivity contribution in [2.45, 2.75) is 19.0 Å². The molecular formula is C25H20ClN3O6. The summed E-state index contributed by atoms with van der Waals surface area (Å²) >= 11 is 6.40. The van der Waals surface area contributed by atoms with Gasteiger partial charge in [0.1, 0.15) is 17.5 Å². The van der Waals surface area contributed by atoms with Gasteiger partial charge in [-0.3, -0.25) is 14.9 Å². The summed E-state index contributed by atoms with van der Waals surface area (Å²) in [6.07, 6.45) is -0.536. The minimum absolute atomic E-state index is 0.124. The second-order valence-corrected chi connectivity index (χ2v) is 7.95. The average molecular weight is 494 g/mol. The van der Waals surface area contributed by atoms with Crippen LogP contribution in [0.5, 0.6) is 11.5 Å². The topological polar surface area (TPSA) is 135 Å². The average Bonchev–Trinajstić information content (AvgIpc) is 3.32. The van der Waals surface area contributed by atoms with E-state index in [0.717, 1.165) is 5.75 Å². The molecule has 35 heavy (non-hydrogen) atoms. The van der Waals surface area contributed by atoms with E-state index in [1.165, 1.54) is 0 Å². The summed E-state index contributed by atoms with van der Waals surface area (Å²) in [6, 6.07) is 20.5. The van der Waals surface area contributed by atoms with Crippen LogP contribution in [0.15, 0.2) is 77.3 Å². The smallest absolute Gasteiger partial charge is 0.321 e. The number of para-hydroxylation sites is 1. The molecule has 0 fully saturated rings. The van der Waals surface area contributed by atoms with E-state index in [2.05, 4.69) is 15.5 Å². The first-order valence-corrected chi connectivity index (χ1v) is 10.9. The van der Waals surface area contributed by atoms with Crippen LogP contribution >= 0.6 is 11.6 Å². The van der Waals surface area contributed by atoms with Crippen molar-refractivity contribution in [3.8, 4) is 34.3 Å². The number of ether oxygens (including phenoxy) is 1. The molecule has 0 spiro atoms. The summed E-state index contributed by atoms with van der Waals surface area (Å²) in [7, 11) is 0. The van der Waals surface area contributed by atoms with E-state index in [-0.39, 0.29) is 6.54 Å². The Morgan fingerprint density at radius 2 is 1.71 bits per heavy atom. The van der Waals surface area contributed by atoms with E-state index < -0.39 is 24.4 Å². The standard InChI is InChI=1S/C25H20ClN3O6/c26-20-12-15(14-27-21(25(32)33)13-22(30)31)6-11-19(20)23-28-24(35-29-23)16-7-9-18(10-8-16)34-17-4-2-1-3-5-17/h1-12,21,27H,13-14H2,(H,30,31)(H,32,33)/t21-/m0/s1. The van der Waals surface area contributed by atoms with E-state index in [4.69, 9.17) is 31.1 Å². The van der Waals surface area contributed by atoms with Crippen LogP contribution in [0.3, 0.4) is 0 Å². The van der Waals surface area contributed by atoms with E-state index >= 15 is 0 Å². The third-order valence-corrected chi connectivity index (χ3v) is 5.32. The van der Waals surface area contributed by atoms with Gasteiger partial charge in [0, 0.05) is 17.7 Å². The monoisotopic (exact) mass is 493 g/mol. The quantitative estimate of drug-likeness (QED) is 0.283. The number of nitrogens with one attached hydrogen (secondary N) is 1. The largest absolute Gasteiger partial charge is 0.481 e. The number of aliphatic carboxylic acids is 2. The van der Waals surface area contributed by atoms with Crippen molar-refractivity contribution in [1.29, 1.82) is 0 Å². The number of rotatable bonds is 10. The van der Waals surface area contributed by atoms with Crippen LogP contribution in [-0.4, -0.2) is 38.3 Å².